The summed E-state index contributed by atoms with van der Waals surface area (Å²) in [6.07, 6.45) is 35.0. The molecule has 0 unspecified atom stereocenters. The Morgan fingerprint density at radius 1 is 0.333 bits per heavy atom. The van der Waals surface area contributed by atoms with Crippen molar-refractivity contribution in [1.29, 1.82) is 0 Å². The van der Waals surface area contributed by atoms with Crippen LogP contribution < -0.4 is 39.9 Å². The minimum atomic E-state index is 0. The molecule has 0 bridgehead atoms. The summed E-state index contributed by atoms with van der Waals surface area (Å²) in [5.41, 5.74) is 1.94. The van der Waals surface area contributed by atoms with Gasteiger partial charge in [0.1, 0.15) is 0 Å². The molecular formula is C28H26N16Zn4. The minimum Gasteiger partial charge on any atom is -0.450 e. The molecule has 0 aliphatic carbocycles. The van der Waals surface area contributed by atoms with Gasteiger partial charge in [-0.05, 0) is 11.0 Å². The fraction of sp³-hybridized carbons (Fsp3) is 0. The first-order valence-corrected chi connectivity index (χ1v) is 12.4. The van der Waals surface area contributed by atoms with Crippen LogP contribution >= 0.6 is 0 Å². The van der Waals surface area contributed by atoms with Gasteiger partial charge in [0.05, 0.1) is 0 Å². The van der Waals surface area contributed by atoms with Crippen molar-refractivity contribution < 1.29 is 77.9 Å². The Morgan fingerprint density at radius 3 is 0.792 bits per heavy atom. The molecule has 226 valence electrons. The number of benzene rings is 1. The number of rotatable bonds is 0. The van der Waals surface area contributed by atoms with E-state index in [2.05, 4.69) is 79.7 Å². The second-order valence-electron chi connectivity index (χ2n) is 6.84. The number of aromatic nitrogens is 16. The van der Waals surface area contributed by atoms with Crippen LogP contribution in [0.3, 0.4) is 0 Å². The molecule has 9 aromatic rings. The van der Waals surface area contributed by atoms with E-state index in [1.807, 2.05) is 24.3 Å². The summed E-state index contributed by atoms with van der Waals surface area (Å²) in [5, 5.41) is 0. The van der Waals surface area contributed by atoms with E-state index in [1.165, 1.54) is 44.3 Å². The summed E-state index contributed by atoms with van der Waals surface area (Å²) in [6, 6.07) is 7.80. The van der Waals surface area contributed by atoms with Crippen molar-refractivity contribution in [3.63, 3.8) is 0 Å². The summed E-state index contributed by atoms with van der Waals surface area (Å²) in [4.78, 5) is 58.6. The van der Waals surface area contributed by atoms with Crippen LogP contribution in [0.4, 0.5) is 0 Å². The second-order valence-corrected chi connectivity index (χ2v) is 6.84. The standard InChI is InChI=1S/C7H5N2.7C3H3N2.4Zn/c1-2-4-7-6(3-1)8-5-9-7;7*1-2-5-3-4-1;;;;/h1-5H;7*1-3H;;;;/q8*-1;4*+2. The molecular weight excluding hydrogens is 822 g/mol. The molecule has 8 aromatic heterocycles. The fourth-order valence-corrected chi connectivity index (χ4v) is 2.18. The van der Waals surface area contributed by atoms with Crippen LogP contribution in [0.15, 0.2) is 162 Å². The van der Waals surface area contributed by atoms with Crippen LogP contribution in [0.25, 0.3) is 11.0 Å². The summed E-state index contributed by atoms with van der Waals surface area (Å²) in [5.74, 6) is 0. The molecule has 0 spiro atoms. The normalized spacial score (nSPS) is 7.75. The summed E-state index contributed by atoms with van der Waals surface area (Å²) < 4.78 is 0. The van der Waals surface area contributed by atoms with Crippen LogP contribution in [0.5, 0.6) is 0 Å². The Hall–Kier alpha value is -4.35. The van der Waals surface area contributed by atoms with Crippen molar-refractivity contribution in [2.24, 2.45) is 0 Å². The number of hydrogen-bond acceptors (Lipinski definition) is 8. The maximum absolute atomic E-state index is 4.01. The molecule has 9 rings (SSSR count). The first-order valence-electron chi connectivity index (χ1n) is 12.4. The Morgan fingerprint density at radius 2 is 0.604 bits per heavy atom. The van der Waals surface area contributed by atoms with E-state index < -0.39 is 0 Å². The molecule has 0 saturated carbocycles. The Labute approximate surface area is 328 Å². The maximum atomic E-state index is 4.01. The van der Waals surface area contributed by atoms with Crippen molar-refractivity contribution in [2.45, 2.75) is 0 Å². The molecule has 0 amide bonds. The van der Waals surface area contributed by atoms with Crippen molar-refractivity contribution in [1.82, 2.24) is 79.7 Å². The molecule has 0 atom stereocenters. The summed E-state index contributed by atoms with van der Waals surface area (Å²) >= 11 is 0. The molecule has 1 aromatic carbocycles. The van der Waals surface area contributed by atoms with E-state index in [0.29, 0.717) is 0 Å². The van der Waals surface area contributed by atoms with E-state index in [-0.39, 0.29) is 77.9 Å². The molecule has 8 heterocycles. The number of fused-ring (bicyclic) bond motifs is 1. The Kier molecular flexibility index (Phi) is 38.9. The van der Waals surface area contributed by atoms with Gasteiger partial charge in [0.2, 0.25) is 0 Å². The van der Waals surface area contributed by atoms with Crippen LogP contribution in [0.1, 0.15) is 0 Å². The third kappa shape index (κ3) is 30.3. The van der Waals surface area contributed by atoms with Crippen LogP contribution in [0.2, 0.25) is 0 Å². The number of imidazole rings is 8. The first-order chi connectivity index (χ1) is 22.0. The molecule has 16 nitrogen and oxygen atoms in total. The molecule has 20 heteroatoms. The maximum Gasteiger partial charge on any atom is 2.00 e. The van der Waals surface area contributed by atoms with Crippen molar-refractivity contribution in [3.05, 3.63) is 162 Å². The number of para-hydroxylation sites is 2. The van der Waals surface area contributed by atoms with E-state index in [9.17, 15) is 0 Å². The van der Waals surface area contributed by atoms with Gasteiger partial charge in [-0.2, -0.15) is 0 Å². The zero-order valence-corrected chi connectivity index (χ0v) is 37.9. The molecule has 0 saturated heterocycles. The predicted molar refractivity (Wildman–Crippen MR) is 158 cm³/mol. The van der Waals surface area contributed by atoms with Gasteiger partial charge in [-0.25, -0.2) is 0 Å². The van der Waals surface area contributed by atoms with Crippen molar-refractivity contribution in [3.8, 4) is 0 Å². The number of nitrogens with zero attached hydrogens (tertiary/aromatic N) is 16. The van der Waals surface area contributed by atoms with Gasteiger partial charge >= 0.3 is 77.9 Å². The van der Waals surface area contributed by atoms with Gasteiger partial charge < -0.3 is 79.7 Å². The topological polar surface area (TPSA) is 216 Å². The molecule has 0 N–H and O–H groups in total. The molecule has 48 heavy (non-hydrogen) atoms. The van der Waals surface area contributed by atoms with Crippen molar-refractivity contribution in [2.75, 3.05) is 0 Å². The second kappa shape index (κ2) is 38.8. The van der Waals surface area contributed by atoms with Gasteiger partial charge in [0.15, 0.2) is 0 Å². The van der Waals surface area contributed by atoms with Crippen LogP contribution in [-0.4, -0.2) is 39.9 Å². The van der Waals surface area contributed by atoms with Gasteiger partial charge in [0, 0.05) is 0 Å². The van der Waals surface area contributed by atoms with E-state index in [4.69, 9.17) is 0 Å². The monoisotopic (exact) mass is 842 g/mol. The van der Waals surface area contributed by atoms with Gasteiger partial charge in [-0.1, -0.05) is 162 Å². The SMILES string of the molecule is [Zn+2].[Zn+2].[Zn+2].[Zn+2].c1c[n-]cn1.c1c[n-]cn1.c1c[n-]cn1.c1c[n-]cn1.c1c[n-]cn1.c1c[n-]cn1.c1c[n-]cn1.c1ccc2[n-]cnc2c1. The zero-order valence-electron chi connectivity index (χ0n) is 26.0. The average Bonchev–Trinajstić information content (AvgIpc) is 3.99. The van der Waals surface area contributed by atoms with E-state index >= 15 is 0 Å². The van der Waals surface area contributed by atoms with Gasteiger partial charge in [-0.3, -0.25) is 0 Å². The Bertz CT molecular complexity index is 1200. The Balaban J connectivity index is -0.000000482. The molecule has 0 fully saturated rings. The van der Waals surface area contributed by atoms with E-state index in [1.54, 1.807) is 93.1 Å². The number of hydrogen-bond donors (Lipinski definition) is 0. The minimum absolute atomic E-state index is 0. The fourth-order valence-electron chi connectivity index (χ4n) is 2.18. The third-order valence-electron chi connectivity index (χ3n) is 3.88. The zero-order chi connectivity index (χ0) is 30.9. The van der Waals surface area contributed by atoms with Crippen LogP contribution in [0, 0.1) is 0 Å². The molecule has 0 radical (unpaired) electrons. The van der Waals surface area contributed by atoms with Crippen LogP contribution in [-0.2, 0) is 77.9 Å². The third-order valence-corrected chi connectivity index (χ3v) is 3.88. The van der Waals surface area contributed by atoms with Gasteiger partial charge in [-0.15, -0.1) is 0 Å². The largest absolute Gasteiger partial charge is 2.00 e. The first kappa shape index (κ1) is 48.1. The quantitative estimate of drug-likeness (QED) is 0.198. The molecule has 0 aliphatic heterocycles. The van der Waals surface area contributed by atoms with Gasteiger partial charge in [0.25, 0.3) is 0 Å². The van der Waals surface area contributed by atoms with E-state index in [0.717, 1.165) is 11.0 Å². The smallest absolute Gasteiger partial charge is 0.450 e. The summed E-state index contributed by atoms with van der Waals surface area (Å²) in [6.45, 7) is 0. The summed E-state index contributed by atoms with van der Waals surface area (Å²) in [7, 11) is 0. The molecule has 0 aliphatic rings. The average molecular weight is 848 g/mol. The van der Waals surface area contributed by atoms with Crippen molar-refractivity contribution >= 4 is 11.0 Å². The predicted octanol–water partition coefficient (Wildman–Crippen LogP) is 1.45.